The van der Waals surface area contributed by atoms with Crippen LogP contribution in [0.5, 0.6) is 11.9 Å². The molecule has 1 aromatic carbocycles. The van der Waals surface area contributed by atoms with Crippen LogP contribution in [0.2, 0.25) is 0 Å². The van der Waals surface area contributed by atoms with Gasteiger partial charge in [0.25, 0.3) is 5.91 Å². The minimum absolute atomic E-state index is 0.0956. The number of amides is 1. The number of hydrogen-bond acceptors (Lipinski definition) is 6. The van der Waals surface area contributed by atoms with Gasteiger partial charge in [-0.05, 0) is 25.0 Å². The van der Waals surface area contributed by atoms with E-state index in [-0.39, 0.29) is 18.0 Å². The topological polar surface area (TPSA) is 82.6 Å². The van der Waals surface area contributed by atoms with E-state index in [2.05, 4.69) is 15.3 Å². The molecule has 1 aromatic heterocycles. The van der Waals surface area contributed by atoms with E-state index >= 15 is 0 Å². The van der Waals surface area contributed by atoms with Gasteiger partial charge in [0.1, 0.15) is 0 Å². The van der Waals surface area contributed by atoms with Crippen LogP contribution < -0.4 is 14.8 Å². The van der Waals surface area contributed by atoms with Crippen molar-refractivity contribution in [1.82, 2.24) is 15.3 Å². The molecule has 2 heterocycles. The normalized spacial score (nSPS) is 14.8. The highest BCUT2D eigenvalue weighted by Crippen LogP contribution is 2.24. The predicted molar refractivity (Wildman–Crippen MR) is 91.9 cm³/mol. The molecule has 1 aliphatic rings. The van der Waals surface area contributed by atoms with Crippen LogP contribution in [0, 0.1) is 0 Å². The first-order chi connectivity index (χ1) is 12.2. The van der Waals surface area contributed by atoms with Crippen LogP contribution in [0.15, 0.2) is 30.3 Å². The van der Waals surface area contributed by atoms with E-state index in [1.54, 1.807) is 18.2 Å². The quantitative estimate of drug-likeness (QED) is 0.895. The molecule has 25 heavy (non-hydrogen) atoms. The van der Waals surface area contributed by atoms with E-state index in [1.165, 1.54) is 14.2 Å². The summed E-state index contributed by atoms with van der Waals surface area (Å²) in [5.74, 6) is 0.306. The second kappa shape index (κ2) is 7.94. The number of carbonyl (C=O) groups excluding carboxylic acids is 1. The van der Waals surface area contributed by atoms with Crippen molar-refractivity contribution in [3.8, 4) is 23.1 Å². The summed E-state index contributed by atoms with van der Waals surface area (Å²) in [4.78, 5) is 20.9. The monoisotopic (exact) mass is 343 g/mol. The fourth-order valence-corrected chi connectivity index (χ4v) is 2.68. The fourth-order valence-electron chi connectivity index (χ4n) is 2.68. The number of methoxy groups -OCH3 is 2. The van der Waals surface area contributed by atoms with E-state index in [1.807, 2.05) is 12.1 Å². The minimum Gasteiger partial charge on any atom is -0.481 e. The minimum atomic E-state index is -0.0956. The SMILES string of the molecule is COc1cc(-c2cccc(C(=O)NC3CCOCC3)c2)nc(OC)n1. The summed E-state index contributed by atoms with van der Waals surface area (Å²) in [6.45, 7) is 1.37. The Hall–Kier alpha value is -2.67. The average Bonchev–Trinajstić information content (AvgIpc) is 2.68. The zero-order valence-electron chi connectivity index (χ0n) is 14.3. The first-order valence-electron chi connectivity index (χ1n) is 8.15. The molecule has 0 bridgehead atoms. The third-order valence-corrected chi connectivity index (χ3v) is 4.05. The van der Waals surface area contributed by atoms with Crippen LogP contribution in [0.1, 0.15) is 23.2 Å². The molecule has 1 aliphatic heterocycles. The van der Waals surface area contributed by atoms with Gasteiger partial charge in [0.15, 0.2) is 0 Å². The summed E-state index contributed by atoms with van der Waals surface area (Å²) >= 11 is 0. The lowest BCUT2D eigenvalue weighted by atomic mass is 10.1. The number of nitrogens with one attached hydrogen (secondary N) is 1. The molecular weight excluding hydrogens is 322 g/mol. The molecule has 1 amide bonds. The van der Waals surface area contributed by atoms with Crippen molar-refractivity contribution in [1.29, 1.82) is 0 Å². The van der Waals surface area contributed by atoms with Gasteiger partial charge >= 0.3 is 6.01 Å². The second-order valence-corrected chi connectivity index (χ2v) is 5.72. The van der Waals surface area contributed by atoms with Crippen molar-refractivity contribution < 1.29 is 19.0 Å². The molecule has 0 saturated carbocycles. The predicted octanol–water partition coefficient (Wildman–Crippen LogP) is 2.07. The van der Waals surface area contributed by atoms with Crippen molar-refractivity contribution in [3.63, 3.8) is 0 Å². The molecule has 2 aromatic rings. The Morgan fingerprint density at radius 1 is 1.16 bits per heavy atom. The van der Waals surface area contributed by atoms with Crippen molar-refractivity contribution in [2.45, 2.75) is 18.9 Å². The van der Waals surface area contributed by atoms with Gasteiger partial charge in [-0.3, -0.25) is 4.79 Å². The number of benzene rings is 1. The van der Waals surface area contributed by atoms with Gasteiger partial charge in [-0.25, -0.2) is 0 Å². The standard InChI is InChI=1S/C18H21N3O4/c1-23-16-11-15(20-18(21-16)24-2)12-4-3-5-13(10-12)17(22)19-14-6-8-25-9-7-14/h3-5,10-11,14H,6-9H2,1-2H3,(H,19,22). The number of ether oxygens (including phenoxy) is 3. The zero-order chi connectivity index (χ0) is 17.6. The van der Waals surface area contributed by atoms with Gasteiger partial charge in [0.05, 0.1) is 19.9 Å². The lowest BCUT2D eigenvalue weighted by Gasteiger charge is -2.23. The maximum absolute atomic E-state index is 12.5. The summed E-state index contributed by atoms with van der Waals surface area (Å²) in [5.41, 5.74) is 2.00. The summed E-state index contributed by atoms with van der Waals surface area (Å²) in [5, 5.41) is 3.06. The molecular formula is C18H21N3O4. The van der Waals surface area contributed by atoms with Crippen molar-refractivity contribution in [3.05, 3.63) is 35.9 Å². The van der Waals surface area contributed by atoms with Crippen molar-refractivity contribution in [2.75, 3.05) is 27.4 Å². The van der Waals surface area contributed by atoms with Gasteiger partial charge in [-0.1, -0.05) is 12.1 Å². The summed E-state index contributed by atoms with van der Waals surface area (Å²) in [6, 6.07) is 9.37. The molecule has 0 spiro atoms. The molecule has 0 atom stereocenters. The zero-order valence-corrected chi connectivity index (χ0v) is 14.3. The maximum Gasteiger partial charge on any atom is 0.320 e. The first-order valence-corrected chi connectivity index (χ1v) is 8.15. The van der Waals surface area contributed by atoms with Crippen LogP contribution in [0.3, 0.4) is 0 Å². The number of hydrogen-bond donors (Lipinski definition) is 1. The van der Waals surface area contributed by atoms with Crippen LogP contribution in [0.25, 0.3) is 11.3 Å². The Bertz CT molecular complexity index is 723. The molecule has 7 heteroatoms. The number of rotatable bonds is 5. The summed E-state index contributed by atoms with van der Waals surface area (Å²) < 4.78 is 15.6. The third-order valence-electron chi connectivity index (χ3n) is 4.05. The smallest absolute Gasteiger partial charge is 0.320 e. The van der Waals surface area contributed by atoms with Gasteiger partial charge < -0.3 is 19.5 Å². The Kier molecular flexibility index (Phi) is 5.45. The highest BCUT2D eigenvalue weighted by atomic mass is 16.5. The van der Waals surface area contributed by atoms with E-state index in [4.69, 9.17) is 14.2 Å². The number of nitrogens with zero attached hydrogens (tertiary/aromatic N) is 2. The van der Waals surface area contributed by atoms with E-state index < -0.39 is 0 Å². The maximum atomic E-state index is 12.5. The highest BCUT2D eigenvalue weighted by molar-refractivity contribution is 5.95. The molecule has 1 fully saturated rings. The van der Waals surface area contributed by atoms with Crippen LogP contribution in [0.4, 0.5) is 0 Å². The molecule has 0 unspecified atom stereocenters. The molecule has 0 aliphatic carbocycles. The molecule has 3 rings (SSSR count). The lowest BCUT2D eigenvalue weighted by Crippen LogP contribution is -2.38. The molecule has 1 saturated heterocycles. The lowest BCUT2D eigenvalue weighted by molar-refractivity contribution is 0.0696. The highest BCUT2D eigenvalue weighted by Gasteiger charge is 2.17. The fraction of sp³-hybridized carbons (Fsp3) is 0.389. The molecule has 7 nitrogen and oxygen atoms in total. The molecule has 132 valence electrons. The molecule has 0 radical (unpaired) electrons. The van der Waals surface area contributed by atoms with Gasteiger partial charge in [0.2, 0.25) is 5.88 Å². The number of aromatic nitrogens is 2. The molecule has 1 N–H and O–H groups in total. The van der Waals surface area contributed by atoms with Crippen molar-refractivity contribution in [2.24, 2.45) is 0 Å². The summed E-state index contributed by atoms with van der Waals surface area (Å²) in [7, 11) is 3.03. The van der Waals surface area contributed by atoms with E-state index in [9.17, 15) is 4.79 Å². The summed E-state index contributed by atoms with van der Waals surface area (Å²) in [6.07, 6.45) is 1.68. The second-order valence-electron chi connectivity index (χ2n) is 5.72. The number of carbonyl (C=O) groups is 1. The van der Waals surface area contributed by atoms with E-state index in [0.29, 0.717) is 30.4 Å². The van der Waals surface area contributed by atoms with Crippen LogP contribution in [-0.2, 0) is 4.74 Å². The van der Waals surface area contributed by atoms with Crippen LogP contribution >= 0.6 is 0 Å². The van der Waals surface area contributed by atoms with Gasteiger partial charge in [0, 0.05) is 36.4 Å². The largest absolute Gasteiger partial charge is 0.481 e. The third kappa shape index (κ3) is 4.24. The average molecular weight is 343 g/mol. The van der Waals surface area contributed by atoms with Crippen molar-refractivity contribution >= 4 is 5.91 Å². The Morgan fingerprint density at radius 3 is 2.68 bits per heavy atom. The van der Waals surface area contributed by atoms with E-state index in [0.717, 1.165) is 18.4 Å². The van der Waals surface area contributed by atoms with Gasteiger partial charge in [-0.15, -0.1) is 0 Å². The van der Waals surface area contributed by atoms with Gasteiger partial charge in [-0.2, -0.15) is 9.97 Å². The first kappa shape index (κ1) is 17.2. The Balaban J connectivity index is 1.82. The Morgan fingerprint density at radius 2 is 1.96 bits per heavy atom. The van der Waals surface area contributed by atoms with Crippen LogP contribution in [-0.4, -0.2) is 49.4 Å². The Labute approximate surface area is 146 Å².